The molecule has 0 saturated heterocycles. The number of aromatic nitrogens is 2. The van der Waals surface area contributed by atoms with E-state index in [9.17, 15) is 4.79 Å². The van der Waals surface area contributed by atoms with Crippen molar-refractivity contribution in [1.82, 2.24) is 9.38 Å². The largest absolute Gasteiger partial charge is 0.322 e. The summed E-state index contributed by atoms with van der Waals surface area (Å²) in [5.41, 5.74) is 2.17. The molecule has 3 aromatic rings. The highest BCUT2D eigenvalue weighted by atomic mass is 127. The summed E-state index contributed by atoms with van der Waals surface area (Å²) in [4.78, 5) is 16.2. The van der Waals surface area contributed by atoms with Crippen molar-refractivity contribution in [2.45, 2.75) is 0 Å². The molecule has 1 aromatic carbocycles. The minimum atomic E-state index is -0.219. The van der Waals surface area contributed by atoms with Crippen LogP contribution in [0.1, 0.15) is 5.69 Å². The van der Waals surface area contributed by atoms with Crippen molar-refractivity contribution in [1.29, 1.82) is 0 Å². The molecule has 2 heterocycles. The fourth-order valence-corrected chi connectivity index (χ4v) is 2.82. The molecule has 6 heteroatoms. The molecule has 0 atom stereocenters. The number of benzene rings is 1. The molecule has 2 aromatic heterocycles. The van der Waals surface area contributed by atoms with E-state index < -0.39 is 0 Å². The first-order valence-corrected chi connectivity index (χ1v) is 7.96. The summed E-state index contributed by atoms with van der Waals surface area (Å²) >= 11 is 8.31. The monoisotopic (exact) mass is 423 g/mol. The third-order valence-corrected chi connectivity index (χ3v) is 3.96. The molecule has 1 N–H and O–H groups in total. The van der Waals surface area contributed by atoms with Gasteiger partial charge in [-0.3, -0.25) is 9.20 Å². The predicted octanol–water partition coefficient (Wildman–Crippen LogP) is 4.24. The molecule has 1 amide bonds. The van der Waals surface area contributed by atoms with Gasteiger partial charge in [0, 0.05) is 21.5 Å². The van der Waals surface area contributed by atoms with Crippen molar-refractivity contribution in [2.24, 2.45) is 0 Å². The molecule has 3 rings (SSSR count). The van der Waals surface area contributed by atoms with Gasteiger partial charge in [-0.2, -0.15) is 0 Å². The zero-order valence-corrected chi connectivity index (χ0v) is 14.2. The lowest BCUT2D eigenvalue weighted by Gasteiger charge is -2.02. The molecule has 0 bridgehead atoms. The van der Waals surface area contributed by atoms with Gasteiger partial charge >= 0.3 is 0 Å². The van der Waals surface area contributed by atoms with Crippen LogP contribution in [0.4, 0.5) is 5.69 Å². The van der Waals surface area contributed by atoms with Gasteiger partial charge < -0.3 is 5.32 Å². The van der Waals surface area contributed by atoms with Gasteiger partial charge in [-0.1, -0.05) is 23.7 Å². The zero-order chi connectivity index (χ0) is 15.5. The van der Waals surface area contributed by atoms with E-state index >= 15 is 0 Å². The summed E-state index contributed by atoms with van der Waals surface area (Å²) < 4.78 is 2.89. The fourth-order valence-electron chi connectivity index (χ4n) is 2.04. The number of nitrogens with zero attached hydrogens (tertiary/aromatic N) is 2. The Labute approximate surface area is 146 Å². The maximum atomic E-state index is 12.0. The van der Waals surface area contributed by atoms with Crippen LogP contribution >= 0.6 is 34.2 Å². The van der Waals surface area contributed by atoms with E-state index in [-0.39, 0.29) is 5.91 Å². The first-order chi connectivity index (χ1) is 10.6. The standard InChI is InChI=1S/C16H11ClIN3O/c17-16-13(21-9-2-1-6-14(21)20-16)7-8-15(22)19-12-5-3-4-11(18)10-12/h1-10H,(H,19,22)/b8-7+. The number of imidazole rings is 1. The van der Waals surface area contributed by atoms with Gasteiger partial charge in [-0.05, 0) is 59.0 Å². The van der Waals surface area contributed by atoms with E-state index in [0.717, 1.165) is 14.9 Å². The molecule has 0 radical (unpaired) electrons. The Morgan fingerprint density at radius 3 is 2.95 bits per heavy atom. The zero-order valence-electron chi connectivity index (χ0n) is 11.3. The van der Waals surface area contributed by atoms with Crippen LogP contribution in [0.5, 0.6) is 0 Å². The summed E-state index contributed by atoms with van der Waals surface area (Å²) in [6.07, 6.45) is 4.96. The molecule has 0 aliphatic heterocycles. The minimum absolute atomic E-state index is 0.219. The second-order valence-electron chi connectivity index (χ2n) is 4.55. The Morgan fingerprint density at radius 1 is 1.27 bits per heavy atom. The van der Waals surface area contributed by atoms with Crippen LogP contribution < -0.4 is 5.32 Å². The summed E-state index contributed by atoms with van der Waals surface area (Å²) in [6.45, 7) is 0. The number of fused-ring (bicyclic) bond motifs is 1. The number of pyridine rings is 1. The number of carbonyl (C=O) groups excluding carboxylic acids is 1. The quantitative estimate of drug-likeness (QED) is 0.506. The molecule has 4 nitrogen and oxygen atoms in total. The van der Waals surface area contributed by atoms with E-state index in [1.165, 1.54) is 6.08 Å². The predicted molar refractivity (Wildman–Crippen MR) is 97.0 cm³/mol. The molecule has 0 aliphatic rings. The Morgan fingerprint density at radius 2 is 2.14 bits per heavy atom. The van der Waals surface area contributed by atoms with Crippen LogP contribution in [0.25, 0.3) is 11.7 Å². The highest BCUT2D eigenvalue weighted by Crippen LogP contribution is 2.19. The molecule has 22 heavy (non-hydrogen) atoms. The Kier molecular flexibility index (Phi) is 4.44. The van der Waals surface area contributed by atoms with Crippen LogP contribution in [0, 0.1) is 3.57 Å². The first kappa shape index (κ1) is 15.1. The smallest absolute Gasteiger partial charge is 0.248 e. The summed E-state index contributed by atoms with van der Waals surface area (Å²) in [5.74, 6) is -0.219. The van der Waals surface area contributed by atoms with Gasteiger partial charge in [0.05, 0.1) is 5.69 Å². The van der Waals surface area contributed by atoms with E-state index in [2.05, 4.69) is 32.9 Å². The molecular weight excluding hydrogens is 413 g/mol. The molecule has 0 spiro atoms. The number of carbonyl (C=O) groups is 1. The van der Waals surface area contributed by atoms with Gasteiger partial charge in [-0.15, -0.1) is 0 Å². The van der Waals surface area contributed by atoms with Crippen LogP contribution in [-0.4, -0.2) is 15.3 Å². The van der Waals surface area contributed by atoms with E-state index in [4.69, 9.17) is 11.6 Å². The molecule has 0 unspecified atom stereocenters. The van der Waals surface area contributed by atoms with Gasteiger partial charge in [-0.25, -0.2) is 4.98 Å². The van der Waals surface area contributed by atoms with E-state index in [0.29, 0.717) is 10.8 Å². The number of amides is 1. The number of rotatable bonds is 3. The highest BCUT2D eigenvalue weighted by Gasteiger charge is 2.07. The maximum absolute atomic E-state index is 12.0. The van der Waals surface area contributed by atoms with Gasteiger partial charge in [0.1, 0.15) is 5.65 Å². The molecule has 0 fully saturated rings. The minimum Gasteiger partial charge on any atom is -0.322 e. The second kappa shape index (κ2) is 6.50. The van der Waals surface area contributed by atoms with Crippen molar-refractivity contribution in [3.05, 3.63) is 69.2 Å². The lowest BCUT2D eigenvalue weighted by atomic mass is 10.3. The van der Waals surface area contributed by atoms with E-state index in [1.54, 1.807) is 6.08 Å². The number of nitrogens with one attached hydrogen (secondary N) is 1. The number of hydrogen-bond donors (Lipinski definition) is 1. The van der Waals surface area contributed by atoms with Crippen molar-refractivity contribution in [3.8, 4) is 0 Å². The van der Waals surface area contributed by atoms with Crippen molar-refractivity contribution in [3.63, 3.8) is 0 Å². The SMILES string of the molecule is O=C(/C=C/c1c(Cl)nc2ccccn12)Nc1cccc(I)c1. The number of hydrogen-bond acceptors (Lipinski definition) is 2. The van der Waals surface area contributed by atoms with Crippen molar-refractivity contribution >= 4 is 57.5 Å². The molecule has 110 valence electrons. The lowest BCUT2D eigenvalue weighted by molar-refractivity contribution is -0.111. The van der Waals surface area contributed by atoms with Crippen molar-refractivity contribution < 1.29 is 4.79 Å². The third kappa shape index (κ3) is 3.31. The second-order valence-corrected chi connectivity index (χ2v) is 6.15. The Hall–Kier alpha value is -1.86. The highest BCUT2D eigenvalue weighted by molar-refractivity contribution is 14.1. The Balaban J connectivity index is 1.81. The normalized spacial score (nSPS) is 11.2. The number of anilines is 1. The van der Waals surface area contributed by atoms with Gasteiger partial charge in [0.2, 0.25) is 5.91 Å². The first-order valence-electron chi connectivity index (χ1n) is 6.51. The van der Waals surface area contributed by atoms with Gasteiger partial charge in [0.25, 0.3) is 0 Å². The topological polar surface area (TPSA) is 46.4 Å². The van der Waals surface area contributed by atoms with Crippen LogP contribution in [-0.2, 0) is 4.79 Å². The number of halogens is 2. The third-order valence-electron chi connectivity index (χ3n) is 3.01. The fraction of sp³-hybridized carbons (Fsp3) is 0. The maximum Gasteiger partial charge on any atom is 0.248 e. The van der Waals surface area contributed by atoms with Crippen LogP contribution in [0.3, 0.4) is 0 Å². The van der Waals surface area contributed by atoms with Crippen LogP contribution in [0.15, 0.2) is 54.7 Å². The molecular formula is C16H11ClIN3O. The molecule has 0 aliphatic carbocycles. The summed E-state index contributed by atoms with van der Waals surface area (Å²) in [6, 6.07) is 13.2. The summed E-state index contributed by atoms with van der Waals surface area (Å²) in [5, 5.41) is 3.17. The van der Waals surface area contributed by atoms with Crippen molar-refractivity contribution in [2.75, 3.05) is 5.32 Å². The van der Waals surface area contributed by atoms with Crippen LogP contribution in [0.2, 0.25) is 5.15 Å². The summed E-state index contributed by atoms with van der Waals surface area (Å²) in [7, 11) is 0. The lowest BCUT2D eigenvalue weighted by Crippen LogP contribution is -2.07. The van der Waals surface area contributed by atoms with Gasteiger partial charge in [0.15, 0.2) is 5.15 Å². The average Bonchev–Trinajstić information content (AvgIpc) is 2.80. The molecule has 0 saturated carbocycles. The Bertz CT molecular complexity index is 873. The average molecular weight is 424 g/mol. The van der Waals surface area contributed by atoms with E-state index in [1.807, 2.05) is 53.1 Å².